The lowest BCUT2D eigenvalue weighted by Crippen LogP contribution is -2.48. The molecule has 1 unspecified atom stereocenters. The second kappa shape index (κ2) is 11.2. The van der Waals surface area contributed by atoms with Gasteiger partial charge in [-0.1, -0.05) is 38.1 Å². The minimum Gasteiger partial charge on any atom is -0.497 e. The van der Waals surface area contributed by atoms with E-state index in [2.05, 4.69) is 0 Å². The van der Waals surface area contributed by atoms with Gasteiger partial charge >= 0.3 is 5.97 Å². The van der Waals surface area contributed by atoms with Gasteiger partial charge in [-0.3, -0.25) is 4.79 Å². The van der Waals surface area contributed by atoms with Crippen molar-refractivity contribution in [3.05, 3.63) is 83.2 Å². The van der Waals surface area contributed by atoms with Crippen LogP contribution in [0.5, 0.6) is 11.5 Å². The summed E-state index contributed by atoms with van der Waals surface area (Å²) in [5.41, 5.74) is 2.46. The molecular formula is C33H37FO6. The van der Waals surface area contributed by atoms with Crippen molar-refractivity contribution in [1.29, 1.82) is 0 Å². The van der Waals surface area contributed by atoms with Gasteiger partial charge in [0.2, 0.25) is 0 Å². The van der Waals surface area contributed by atoms with Crippen LogP contribution in [-0.2, 0) is 21.9 Å². The third-order valence-corrected chi connectivity index (χ3v) is 8.36. The number of ether oxygens (including phenoxy) is 3. The molecule has 7 heteroatoms. The van der Waals surface area contributed by atoms with Crippen LogP contribution in [0.25, 0.3) is 11.1 Å². The monoisotopic (exact) mass is 548 g/mol. The van der Waals surface area contributed by atoms with E-state index in [9.17, 15) is 15.0 Å². The average Bonchev–Trinajstić information content (AvgIpc) is 3.78. The summed E-state index contributed by atoms with van der Waals surface area (Å²) in [4.78, 5) is 11.4. The zero-order chi connectivity index (χ0) is 28.5. The molecule has 1 heterocycles. The van der Waals surface area contributed by atoms with E-state index in [0.29, 0.717) is 40.7 Å². The van der Waals surface area contributed by atoms with Crippen molar-refractivity contribution in [3.8, 4) is 22.6 Å². The van der Waals surface area contributed by atoms with Crippen LogP contribution in [0.2, 0.25) is 0 Å². The second-order valence-electron chi connectivity index (χ2n) is 11.6. The quantitative estimate of drug-likeness (QED) is 0.283. The fourth-order valence-corrected chi connectivity index (χ4v) is 5.82. The van der Waals surface area contributed by atoms with Crippen molar-refractivity contribution in [2.75, 3.05) is 13.7 Å². The largest absolute Gasteiger partial charge is 0.497 e. The Kier molecular flexibility index (Phi) is 7.89. The molecule has 2 fully saturated rings. The Balaban J connectivity index is 1.48. The number of rotatable bonds is 10. The van der Waals surface area contributed by atoms with Gasteiger partial charge in [-0.15, -0.1) is 0 Å². The van der Waals surface area contributed by atoms with Gasteiger partial charge in [0.15, 0.2) is 5.79 Å². The zero-order valence-corrected chi connectivity index (χ0v) is 23.3. The highest BCUT2D eigenvalue weighted by Crippen LogP contribution is 2.50. The lowest BCUT2D eigenvalue weighted by molar-refractivity contribution is -0.297. The first-order valence-corrected chi connectivity index (χ1v) is 13.9. The highest BCUT2D eigenvalue weighted by Gasteiger charge is 2.49. The van der Waals surface area contributed by atoms with Crippen LogP contribution in [0.1, 0.15) is 68.6 Å². The number of hydrogen-bond acceptors (Lipinski definition) is 5. The Bertz CT molecular complexity index is 1380. The van der Waals surface area contributed by atoms with Crippen molar-refractivity contribution in [2.45, 2.75) is 64.3 Å². The molecule has 3 aromatic carbocycles. The molecule has 2 atom stereocenters. The van der Waals surface area contributed by atoms with E-state index in [1.807, 2.05) is 50.2 Å². The Morgan fingerprint density at radius 3 is 2.58 bits per heavy atom. The van der Waals surface area contributed by atoms with Crippen LogP contribution >= 0.6 is 0 Å². The van der Waals surface area contributed by atoms with Gasteiger partial charge in [0.25, 0.3) is 0 Å². The minimum absolute atomic E-state index is 0.0235. The van der Waals surface area contributed by atoms with E-state index in [-0.39, 0.29) is 18.9 Å². The fraction of sp³-hybridized carbons (Fsp3) is 0.424. The van der Waals surface area contributed by atoms with Crippen LogP contribution < -0.4 is 9.47 Å². The lowest BCUT2D eigenvalue weighted by atomic mass is 9.72. The van der Waals surface area contributed by atoms with Crippen molar-refractivity contribution in [2.24, 2.45) is 11.3 Å². The van der Waals surface area contributed by atoms with Gasteiger partial charge in [0.05, 0.1) is 20.1 Å². The Hall–Kier alpha value is -3.42. The first kappa shape index (κ1) is 28.1. The second-order valence-corrected chi connectivity index (χ2v) is 11.6. The number of aliphatic carboxylic acids is 1. The molecule has 2 N–H and O–H groups in total. The van der Waals surface area contributed by atoms with E-state index in [4.69, 9.17) is 14.2 Å². The zero-order valence-electron chi connectivity index (χ0n) is 23.3. The molecule has 1 saturated carbocycles. The first-order valence-electron chi connectivity index (χ1n) is 13.9. The number of aliphatic hydroxyl groups is 1. The highest BCUT2D eigenvalue weighted by atomic mass is 19.1. The normalized spacial score (nSPS) is 21.0. The molecule has 6 nitrogen and oxygen atoms in total. The molecule has 0 bridgehead atoms. The average molecular weight is 549 g/mol. The summed E-state index contributed by atoms with van der Waals surface area (Å²) in [6.07, 6.45) is 3.77. The van der Waals surface area contributed by atoms with Crippen LogP contribution in [0.15, 0.2) is 60.7 Å². The Morgan fingerprint density at radius 2 is 1.88 bits per heavy atom. The molecule has 5 rings (SSSR count). The molecule has 40 heavy (non-hydrogen) atoms. The number of methoxy groups -OCH3 is 1. The number of carbonyl (C=O) groups is 1. The summed E-state index contributed by atoms with van der Waals surface area (Å²) in [5.74, 6) is -1.33. The third kappa shape index (κ3) is 5.72. The van der Waals surface area contributed by atoms with Gasteiger partial charge in [0, 0.05) is 16.5 Å². The molecule has 0 spiro atoms. The molecular weight excluding hydrogens is 511 g/mol. The number of carboxylic acid groups (broad SMARTS) is 1. The van der Waals surface area contributed by atoms with Gasteiger partial charge < -0.3 is 24.4 Å². The predicted octanol–water partition coefficient (Wildman–Crippen LogP) is 7.03. The molecule has 3 aromatic rings. The van der Waals surface area contributed by atoms with Crippen molar-refractivity contribution < 1.29 is 33.6 Å². The molecule has 0 radical (unpaired) electrons. The molecule has 0 aromatic heterocycles. The molecule has 1 saturated heterocycles. The van der Waals surface area contributed by atoms with E-state index >= 15 is 4.39 Å². The van der Waals surface area contributed by atoms with Crippen LogP contribution in [-0.4, -0.2) is 29.9 Å². The van der Waals surface area contributed by atoms with Gasteiger partial charge in [-0.25, -0.2) is 4.39 Å². The molecule has 212 valence electrons. The van der Waals surface area contributed by atoms with E-state index in [1.165, 1.54) is 13.2 Å². The van der Waals surface area contributed by atoms with Crippen LogP contribution in [0, 0.1) is 17.2 Å². The Labute approximate surface area is 234 Å². The molecule has 1 aliphatic heterocycles. The predicted molar refractivity (Wildman–Crippen MR) is 150 cm³/mol. The highest BCUT2D eigenvalue weighted by molar-refractivity contribution is 5.71. The van der Waals surface area contributed by atoms with Crippen molar-refractivity contribution >= 4 is 5.97 Å². The van der Waals surface area contributed by atoms with Gasteiger partial charge in [-0.2, -0.15) is 0 Å². The number of benzene rings is 3. The van der Waals surface area contributed by atoms with Crippen LogP contribution in [0.4, 0.5) is 4.39 Å². The molecule has 1 aliphatic carbocycles. The summed E-state index contributed by atoms with van der Waals surface area (Å²) in [6, 6.07) is 17.7. The molecule has 0 amide bonds. The summed E-state index contributed by atoms with van der Waals surface area (Å²) < 4.78 is 32.7. The van der Waals surface area contributed by atoms with E-state index in [0.717, 1.165) is 36.8 Å². The van der Waals surface area contributed by atoms with Gasteiger partial charge in [-0.05, 0) is 90.6 Å². The lowest BCUT2D eigenvalue weighted by Gasteiger charge is -2.47. The maximum atomic E-state index is 15.1. The number of halogens is 1. The minimum atomic E-state index is -1.64. The Morgan fingerprint density at radius 1 is 1.07 bits per heavy atom. The topological polar surface area (TPSA) is 85.2 Å². The maximum Gasteiger partial charge on any atom is 0.303 e. The standard InChI is InChI=1S/C33H37FO6/c1-32(2)14-5-15-40-33(32,37)29-16-21(8-12-26(29)28-18-24(38-3)11-13-30(28)34)20-39-25-7-4-6-23(17-25)27(19-31(35)36)22-9-10-22/h4,6-8,11-13,16-18,22,27,37H,5,9-10,14-15,19-20H2,1-3H3,(H,35,36)/t27-,33?/m1/s1. The summed E-state index contributed by atoms with van der Waals surface area (Å²) in [7, 11) is 1.53. The van der Waals surface area contributed by atoms with Gasteiger partial charge in [0.1, 0.15) is 23.9 Å². The third-order valence-electron chi connectivity index (χ3n) is 8.36. The smallest absolute Gasteiger partial charge is 0.303 e. The summed E-state index contributed by atoms with van der Waals surface area (Å²) in [6.45, 7) is 4.52. The summed E-state index contributed by atoms with van der Waals surface area (Å²) in [5, 5.41) is 21.4. The SMILES string of the molecule is COc1ccc(F)c(-c2ccc(COc3cccc([C@H](CC(=O)O)C4CC4)c3)cc2C2(O)OCCCC2(C)C)c1. The van der Waals surface area contributed by atoms with E-state index in [1.54, 1.807) is 18.2 Å². The number of hydrogen-bond donors (Lipinski definition) is 2. The van der Waals surface area contributed by atoms with E-state index < -0.39 is 23.0 Å². The van der Waals surface area contributed by atoms with Crippen LogP contribution in [0.3, 0.4) is 0 Å². The fourth-order valence-electron chi connectivity index (χ4n) is 5.82. The number of carboxylic acids is 1. The van der Waals surface area contributed by atoms with Crippen molar-refractivity contribution in [3.63, 3.8) is 0 Å². The molecule has 2 aliphatic rings. The van der Waals surface area contributed by atoms with Crippen molar-refractivity contribution in [1.82, 2.24) is 0 Å². The summed E-state index contributed by atoms with van der Waals surface area (Å²) >= 11 is 0. The maximum absolute atomic E-state index is 15.1. The first-order chi connectivity index (χ1) is 19.1.